The Morgan fingerprint density at radius 1 is 1.18 bits per heavy atom. The van der Waals surface area contributed by atoms with E-state index in [4.69, 9.17) is 9.47 Å². The highest BCUT2D eigenvalue weighted by Gasteiger charge is 2.06. The fourth-order valence-electron chi connectivity index (χ4n) is 1.11. The number of hydrogen-bond donors (Lipinski definition) is 1. The third-order valence-electron chi connectivity index (χ3n) is 2.06. The Balaban J connectivity index is 2.56. The van der Waals surface area contributed by atoms with Gasteiger partial charge in [-0.3, -0.25) is 4.72 Å². The second kappa shape index (κ2) is 6.46. The molecule has 0 unspecified atom stereocenters. The van der Waals surface area contributed by atoms with Crippen molar-refractivity contribution in [1.82, 2.24) is 0 Å². The van der Waals surface area contributed by atoms with Gasteiger partial charge in [0.15, 0.2) is 0 Å². The van der Waals surface area contributed by atoms with Crippen molar-refractivity contribution < 1.29 is 17.9 Å². The van der Waals surface area contributed by atoms with Gasteiger partial charge in [0.1, 0.15) is 12.4 Å². The van der Waals surface area contributed by atoms with Gasteiger partial charge in [-0.2, -0.15) is 0 Å². The van der Waals surface area contributed by atoms with Crippen LogP contribution in [0.15, 0.2) is 24.3 Å². The molecule has 0 aliphatic carbocycles. The van der Waals surface area contributed by atoms with Gasteiger partial charge in [-0.25, -0.2) is 8.42 Å². The van der Waals surface area contributed by atoms with E-state index < -0.39 is 10.0 Å². The lowest BCUT2D eigenvalue weighted by Gasteiger charge is -2.08. The summed E-state index contributed by atoms with van der Waals surface area (Å²) in [6.07, 6.45) is 0. The van der Waals surface area contributed by atoms with Gasteiger partial charge >= 0.3 is 0 Å². The predicted octanol–water partition coefficient (Wildman–Crippen LogP) is 1.47. The second-order valence-corrected chi connectivity index (χ2v) is 5.38. The lowest BCUT2D eigenvalue weighted by molar-refractivity contribution is 0.146. The van der Waals surface area contributed by atoms with E-state index >= 15 is 0 Å². The van der Waals surface area contributed by atoms with Crippen LogP contribution in [0.4, 0.5) is 5.69 Å². The molecule has 0 radical (unpaired) electrons. The minimum Gasteiger partial charge on any atom is -0.491 e. The smallest absolute Gasteiger partial charge is 0.232 e. The summed E-state index contributed by atoms with van der Waals surface area (Å²) in [4.78, 5) is 0. The fourth-order valence-corrected chi connectivity index (χ4v) is 1.75. The van der Waals surface area contributed by atoms with Crippen molar-refractivity contribution in [3.63, 3.8) is 0 Å². The Morgan fingerprint density at radius 3 is 2.35 bits per heavy atom. The van der Waals surface area contributed by atoms with Gasteiger partial charge in [0.25, 0.3) is 0 Å². The highest BCUT2D eigenvalue weighted by Crippen LogP contribution is 2.16. The van der Waals surface area contributed by atoms with Gasteiger partial charge in [-0.05, 0) is 31.2 Å². The highest BCUT2D eigenvalue weighted by molar-refractivity contribution is 7.92. The van der Waals surface area contributed by atoms with Crippen LogP contribution in [0.3, 0.4) is 0 Å². The summed E-state index contributed by atoms with van der Waals surface area (Å²) in [6.45, 7) is 2.57. The number of benzene rings is 1. The quantitative estimate of drug-likeness (QED) is 0.753. The molecule has 0 aromatic heterocycles. The molecule has 0 spiro atoms. The third-order valence-corrected chi connectivity index (χ3v) is 3.37. The van der Waals surface area contributed by atoms with Crippen LogP contribution in [-0.2, 0) is 14.8 Å². The van der Waals surface area contributed by atoms with Gasteiger partial charge in [0.2, 0.25) is 10.0 Å². The van der Waals surface area contributed by atoms with Gasteiger partial charge in [-0.15, -0.1) is 0 Å². The topological polar surface area (TPSA) is 64.6 Å². The summed E-state index contributed by atoms with van der Waals surface area (Å²) in [5, 5.41) is 0. The number of anilines is 1. The first kappa shape index (κ1) is 13.8. The Hall–Kier alpha value is -1.27. The fraction of sp³-hybridized carbons (Fsp3) is 0.455. The SMILES string of the molecule is CCS(=O)(=O)Nc1ccc(OCCOC)cc1. The molecule has 0 heterocycles. The van der Waals surface area contributed by atoms with Crippen LogP contribution < -0.4 is 9.46 Å². The molecule has 5 nitrogen and oxygen atoms in total. The summed E-state index contributed by atoms with van der Waals surface area (Å²) >= 11 is 0. The maximum absolute atomic E-state index is 11.3. The minimum atomic E-state index is -3.22. The molecule has 1 aromatic rings. The van der Waals surface area contributed by atoms with Crippen LogP contribution in [0.1, 0.15) is 6.92 Å². The van der Waals surface area contributed by atoms with Crippen molar-refractivity contribution >= 4 is 15.7 Å². The molecule has 0 amide bonds. The van der Waals surface area contributed by atoms with E-state index in [9.17, 15) is 8.42 Å². The van der Waals surface area contributed by atoms with Crippen molar-refractivity contribution in [1.29, 1.82) is 0 Å². The molecule has 0 saturated heterocycles. The molecule has 96 valence electrons. The summed E-state index contributed by atoms with van der Waals surface area (Å²) in [5.41, 5.74) is 0.533. The zero-order chi connectivity index (χ0) is 12.7. The predicted molar refractivity (Wildman–Crippen MR) is 66.9 cm³/mol. The monoisotopic (exact) mass is 259 g/mol. The molecule has 17 heavy (non-hydrogen) atoms. The van der Waals surface area contributed by atoms with E-state index in [1.165, 1.54) is 0 Å². The van der Waals surface area contributed by atoms with Crippen molar-refractivity contribution in [2.75, 3.05) is 30.8 Å². The van der Waals surface area contributed by atoms with E-state index in [0.717, 1.165) is 0 Å². The highest BCUT2D eigenvalue weighted by atomic mass is 32.2. The zero-order valence-electron chi connectivity index (χ0n) is 9.97. The average Bonchev–Trinajstić information content (AvgIpc) is 2.31. The summed E-state index contributed by atoms with van der Waals surface area (Å²) < 4.78 is 35.3. The molecule has 6 heteroatoms. The zero-order valence-corrected chi connectivity index (χ0v) is 10.8. The van der Waals surface area contributed by atoms with Gasteiger partial charge in [0, 0.05) is 12.8 Å². The summed E-state index contributed by atoms with van der Waals surface area (Å²) in [7, 11) is -1.61. The van der Waals surface area contributed by atoms with Gasteiger partial charge in [-0.1, -0.05) is 0 Å². The Morgan fingerprint density at radius 2 is 1.82 bits per heavy atom. The van der Waals surface area contributed by atoms with E-state index in [2.05, 4.69) is 4.72 Å². The molecular weight excluding hydrogens is 242 g/mol. The summed E-state index contributed by atoms with van der Waals surface area (Å²) in [6, 6.07) is 6.75. The van der Waals surface area contributed by atoms with Crippen LogP contribution in [0.5, 0.6) is 5.75 Å². The number of hydrogen-bond acceptors (Lipinski definition) is 4. The molecule has 1 N–H and O–H groups in total. The standard InChI is InChI=1S/C11H17NO4S/c1-3-17(13,14)12-10-4-6-11(7-5-10)16-9-8-15-2/h4-7,12H,3,8-9H2,1-2H3. The lowest BCUT2D eigenvalue weighted by atomic mass is 10.3. The molecule has 0 atom stereocenters. The molecule has 1 rings (SSSR count). The molecule has 0 aliphatic rings. The van der Waals surface area contributed by atoms with E-state index in [1.54, 1.807) is 38.3 Å². The Kier molecular flexibility index (Phi) is 5.24. The largest absolute Gasteiger partial charge is 0.491 e. The van der Waals surface area contributed by atoms with Crippen LogP contribution in [0, 0.1) is 0 Å². The van der Waals surface area contributed by atoms with Gasteiger partial charge in [0.05, 0.1) is 12.4 Å². The Labute approximate surface area is 102 Å². The van der Waals surface area contributed by atoms with Gasteiger partial charge < -0.3 is 9.47 Å². The molecule has 0 aliphatic heterocycles. The Bertz CT molecular complexity index is 427. The molecule has 0 saturated carbocycles. The first-order valence-corrected chi connectivity index (χ1v) is 6.95. The van der Waals surface area contributed by atoms with E-state index in [0.29, 0.717) is 24.7 Å². The van der Waals surface area contributed by atoms with Crippen LogP contribution >= 0.6 is 0 Å². The van der Waals surface area contributed by atoms with E-state index in [1.807, 2.05) is 0 Å². The van der Waals surface area contributed by atoms with Crippen molar-refractivity contribution in [2.45, 2.75) is 6.92 Å². The number of ether oxygens (including phenoxy) is 2. The lowest BCUT2D eigenvalue weighted by Crippen LogP contribution is -2.14. The van der Waals surface area contributed by atoms with Crippen molar-refractivity contribution in [2.24, 2.45) is 0 Å². The normalized spacial score (nSPS) is 11.2. The minimum absolute atomic E-state index is 0.0547. The first-order valence-electron chi connectivity index (χ1n) is 5.29. The van der Waals surface area contributed by atoms with Crippen molar-refractivity contribution in [3.8, 4) is 5.75 Å². The van der Waals surface area contributed by atoms with Crippen LogP contribution in [0.25, 0.3) is 0 Å². The van der Waals surface area contributed by atoms with Crippen molar-refractivity contribution in [3.05, 3.63) is 24.3 Å². The number of sulfonamides is 1. The molecule has 1 aromatic carbocycles. The number of rotatable bonds is 7. The molecule has 0 fully saturated rings. The van der Waals surface area contributed by atoms with Crippen LogP contribution in [-0.4, -0.2) is 34.5 Å². The number of nitrogens with one attached hydrogen (secondary N) is 1. The van der Waals surface area contributed by atoms with E-state index in [-0.39, 0.29) is 5.75 Å². The number of methoxy groups -OCH3 is 1. The average molecular weight is 259 g/mol. The first-order chi connectivity index (χ1) is 8.07. The second-order valence-electron chi connectivity index (χ2n) is 3.37. The van der Waals surface area contributed by atoms with Crippen LogP contribution in [0.2, 0.25) is 0 Å². The third kappa shape index (κ3) is 5.06. The maximum atomic E-state index is 11.3. The molecule has 0 bridgehead atoms. The maximum Gasteiger partial charge on any atom is 0.232 e. The molecular formula is C11H17NO4S. The summed E-state index contributed by atoms with van der Waals surface area (Å²) in [5.74, 6) is 0.737.